The third-order valence-corrected chi connectivity index (χ3v) is 4.28. The van der Waals surface area contributed by atoms with Gasteiger partial charge < -0.3 is 10.1 Å². The second-order valence-electron chi connectivity index (χ2n) is 6.07. The van der Waals surface area contributed by atoms with Gasteiger partial charge in [-0.2, -0.15) is 0 Å². The summed E-state index contributed by atoms with van der Waals surface area (Å²) in [6, 6.07) is 20.0. The van der Waals surface area contributed by atoms with Gasteiger partial charge in [0.05, 0.1) is 5.57 Å². The largest absolute Gasteiger partial charge is 0.457 e. The van der Waals surface area contributed by atoms with Crippen LogP contribution in [0.1, 0.15) is 36.8 Å². The zero-order valence-electron chi connectivity index (χ0n) is 13.8. The van der Waals surface area contributed by atoms with Gasteiger partial charge in [-0.05, 0) is 36.8 Å². The van der Waals surface area contributed by atoms with Crippen LogP contribution in [0.2, 0.25) is 0 Å². The number of carbonyl (C=O) groups is 1. The molecule has 0 fully saturated rings. The minimum atomic E-state index is -0.186. The minimum Gasteiger partial charge on any atom is -0.457 e. The molecule has 0 saturated heterocycles. The molecular formula is C21H23NO2. The lowest BCUT2D eigenvalue weighted by atomic mass is 9.96. The molecule has 0 radical (unpaired) electrons. The first-order chi connectivity index (χ1) is 11.8. The molecule has 0 saturated carbocycles. The molecule has 0 atom stereocenters. The van der Waals surface area contributed by atoms with Crippen molar-refractivity contribution in [1.29, 1.82) is 0 Å². The molecule has 124 valence electrons. The van der Waals surface area contributed by atoms with Gasteiger partial charge in [-0.3, -0.25) is 0 Å². The van der Waals surface area contributed by atoms with Gasteiger partial charge in [-0.1, -0.05) is 60.7 Å². The average molecular weight is 321 g/mol. The van der Waals surface area contributed by atoms with E-state index in [1.807, 2.05) is 48.5 Å². The number of carbonyl (C=O) groups excluding carboxylic acids is 1. The zero-order valence-corrected chi connectivity index (χ0v) is 13.8. The van der Waals surface area contributed by atoms with Crippen LogP contribution in [-0.2, 0) is 22.7 Å². The van der Waals surface area contributed by atoms with Crippen LogP contribution in [0.25, 0.3) is 0 Å². The summed E-state index contributed by atoms with van der Waals surface area (Å²) in [5.74, 6) is -0.186. The molecule has 3 heteroatoms. The second kappa shape index (κ2) is 8.34. The number of hydrogen-bond donors (Lipinski definition) is 1. The fourth-order valence-corrected chi connectivity index (χ4v) is 2.94. The summed E-state index contributed by atoms with van der Waals surface area (Å²) in [4.78, 5) is 12.5. The minimum absolute atomic E-state index is 0.186. The molecule has 0 unspecified atom stereocenters. The molecule has 3 rings (SSSR count). The smallest absolute Gasteiger partial charge is 0.336 e. The van der Waals surface area contributed by atoms with Crippen molar-refractivity contribution in [2.75, 3.05) is 0 Å². The topological polar surface area (TPSA) is 38.3 Å². The number of hydrogen-bond acceptors (Lipinski definition) is 3. The molecule has 24 heavy (non-hydrogen) atoms. The van der Waals surface area contributed by atoms with Gasteiger partial charge in [0.15, 0.2) is 0 Å². The van der Waals surface area contributed by atoms with Crippen molar-refractivity contribution < 1.29 is 9.53 Å². The highest BCUT2D eigenvalue weighted by Crippen LogP contribution is 2.24. The molecular weight excluding hydrogens is 298 g/mol. The SMILES string of the molecule is O=C(OCc1ccccc1)C1=C(NCc2ccccc2)CCCC1. The van der Waals surface area contributed by atoms with E-state index in [1.54, 1.807) is 0 Å². The summed E-state index contributed by atoms with van der Waals surface area (Å²) in [6.45, 7) is 1.07. The Morgan fingerprint density at radius 1 is 0.875 bits per heavy atom. The fourth-order valence-electron chi connectivity index (χ4n) is 2.94. The quantitative estimate of drug-likeness (QED) is 0.804. The standard InChI is InChI=1S/C21H23NO2/c23-21(24-16-18-11-5-2-6-12-18)19-13-7-8-14-20(19)22-15-17-9-3-1-4-10-17/h1-6,9-12,22H,7-8,13-16H2. The van der Waals surface area contributed by atoms with Gasteiger partial charge in [-0.25, -0.2) is 4.79 Å². The van der Waals surface area contributed by atoms with E-state index >= 15 is 0 Å². The molecule has 0 amide bonds. The third kappa shape index (κ3) is 4.48. The van der Waals surface area contributed by atoms with E-state index in [0.29, 0.717) is 6.61 Å². The Morgan fingerprint density at radius 3 is 2.21 bits per heavy atom. The van der Waals surface area contributed by atoms with E-state index in [2.05, 4.69) is 17.4 Å². The Labute approximate surface area is 143 Å². The van der Waals surface area contributed by atoms with Crippen LogP contribution in [0.4, 0.5) is 0 Å². The number of ether oxygens (including phenoxy) is 1. The highest BCUT2D eigenvalue weighted by molar-refractivity contribution is 5.89. The van der Waals surface area contributed by atoms with Gasteiger partial charge in [0.25, 0.3) is 0 Å². The summed E-state index contributed by atoms with van der Waals surface area (Å²) in [5, 5.41) is 3.45. The van der Waals surface area contributed by atoms with Crippen molar-refractivity contribution >= 4 is 5.97 Å². The number of nitrogens with one attached hydrogen (secondary N) is 1. The maximum absolute atomic E-state index is 12.5. The lowest BCUT2D eigenvalue weighted by Crippen LogP contribution is -2.22. The van der Waals surface area contributed by atoms with Crippen molar-refractivity contribution in [2.45, 2.75) is 38.8 Å². The maximum Gasteiger partial charge on any atom is 0.336 e. The molecule has 1 aliphatic carbocycles. The van der Waals surface area contributed by atoms with Crippen molar-refractivity contribution in [3.63, 3.8) is 0 Å². The lowest BCUT2D eigenvalue weighted by Gasteiger charge is -2.21. The van der Waals surface area contributed by atoms with Gasteiger partial charge in [0, 0.05) is 12.2 Å². The molecule has 0 aliphatic heterocycles. The molecule has 1 aliphatic rings. The summed E-state index contributed by atoms with van der Waals surface area (Å²) in [5.41, 5.74) is 4.09. The van der Waals surface area contributed by atoms with Gasteiger partial charge in [0.2, 0.25) is 0 Å². The van der Waals surface area contributed by atoms with Crippen LogP contribution in [0, 0.1) is 0 Å². The number of esters is 1. The van der Waals surface area contributed by atoms with Crippen LogP contribution in [-0.4, -0.2) is 5.97 Å². The molecule has 2 aromatic carbocycles. The van der Waals surface area contributed by atoms with E-state index in [-0.39, 0.29) is 5.97 Å². The predicted octanol–water partition coefficient (Wildman–Crippen LogP) is 4.35. The van der Waals surface area contributed by atoms with Crippen LogP contribution in [0.3, 0.4) is 0 Å². The van der Waals surface area contributed by atoms with E-state index in [0.717, 1.165) is 49.1 Å². The highest BCUT2D eigenvalue weighted by Gasteiger charge is 2.20. The predicted molar refractivity (Wildman–Crippen MR) is 95.0 cm³/mol. The van der Waals surface area contributed by atoms with Crippen molar-refractivity contribution in [2.24, 2.45) is 0 Å². The first kappa shape index (κ1) is 16.3. The molecule has 0 bridgehead atoms. The molecule has 2 aromatic rings. The third-order valence-electron chi connectivity index (χ3n) is 4.28. The van der Waals surface area contributed by atoms with Crippen LogP contribution < -0.4 is 5.32 Å². The van der Waals surface area contributed by atoms with Gasteiger partial charge in [0.1, 0.15) is 6.61 Å². The van der Waals surface area contributed by atoms with Crippen LogP contribution in [0.15, 0.2) is 71.9 Å². The lowest BCUT2D eigenvalue weighted by molar-refractivity contribution is -0.140. The zero-order chi connectivity index (χ0) is 16.6. The Kier molecular flexibility index (Phi) is 5.67. The first-order valence-electron chi connectivity index (χ1n) is 8.54. The van der Waals surface area contributed by atoms with Gasteiger partial charge >= 0.3 is 5.97 Å². The Balaban J connectivity index is 1.63. The monoisotopic (exact) mass is 321 g/mol. The number of allylic oxidation sites excluding steroid dienone is 1. The van der Waals surface area contributed by atoms with E-state index in [4.69, 9.17) is 4.74 Å². The van der Waals surface area contributed by atoms with Crippen LogP contribution >= 0.6 is 0 Å². The molecule has 0 aromatic heterocycles. The maximum atomic E-state index is 12.5. The molecule has 0 heterocycles. The van der Waals surface area contributed by atoms with Crippen molar-refractivity contribution in [3.8, 4) is 0 Å². The Hall–Kier alpha value is -2.55. The summed E-state index contributed by atoms with van der Waals surface area (Å²) < 4.78 is 5.51. The van der Waals surface area contributed by atoms with Crippen molar-refractivity contribution in [1.82, 2.24) is 5.32 Å². The van der Waals surface area contributed by atoms with E-state index < -0.39 is 0 Å². The molecule has 3 nitrogen and oxygen atoms in total. The van der Waals surface area contributed by atoms with Gasteiger partial charge in [-0.15, -0.1) is 0 Å². The summed E-state index contributed by atoms with van der Waals surface area (Å²) in [7, 11) is 0. The second-order valence-corrected chi connectivity index (χ2v) is 6.07. The summed E-state index contributed by atoms with van der Waals surface area (Å²) >= 11 is 0. The Bertz CT molecular complexity index is 692. The molecule has 0 spiro atoms. The van der Waals surface area contributed by atoms with E-state index in [9.17, 15) is 4.79 Å². The fraction of sp³-hybridized carbons (Fsp3) is 0.286. The highest BCUT2D eigenvalue weighted by atomic mass is 16.5. The number of benzene rings is 2. The van der Waals surface area contributed by atoms with E-state index in [1.165, 1.54) is 5.56 Å². The normalized spacial score (nSPS) is 14.3. The first-order valence-corrected chi connectivity index (χ1v) is 8.54. The number of rotatable bonds is 6. The van der Waals surface area contributed by atoms with Crippen molar-refractivity contribution in [3.05, 3.63) is 83.1 Å². The average Bonchev–Trinajstić information content (AvgIpc) is 2.66. The Morgan fingerprint density at radius 2 is 1.50 bits per heavy atom. The summed E-state index contributed by atoms with van der Waals surface area (Å²) in [6.07, 6.45) is 3.88. The van der Waals surface area contributed by atoms with Crippen LogP contribution in [0.5, 0.6) is 0 Å². The molecule has 1 N–H and O–H groups in total.